The minimum Gasteiger partial charge on any atom is -0.325 e. The Morgan fingerprint density at radius 2 is 1.74 bits per heavy atom. The van der Waals surface area contributed by atoms with Gasteiger partial charge in [0.05, 0.1) is 34.6 Å². The van der Waals surface area contributed by atoms with Gasteiger partial charge in [-0.15, -0.1) is 0 Å². The van der Waals surface area contributed by atoms with E-state index in [0.29, 0.717) is 41.0 Å². The van der Waals surface area contributed by atoms with Gasteiger partial charge in [-0.2, -0.15) is 5.26 Å². The summed E-state index contributed by atoms with van der Waals surface area (Å²) in [6.45, 7) is 0. The quantitative estimate of drug-likeness (QED) is 0.647. The zero-order chi connectivity index (χ0) is 21.8. The third kappa shape index (κ3) is 4.14. The molecule has 2 aromatic carbocycles. The summed E-state index contributed by atoms with van der Waals surface area (Å²) >= 11 is 0. The number of benzene rings is 2. The Hall–Kier alpha value is -4.05. The molecule has 0 aliphatic heterocycles. The van der Waals surface area contributed by atoms with Crippen LogP contribution < -0.4 is 10.6 Å². The molecular formula is C24H19FN4O2. The van der Waals surface area contributed by atoms with Crippen molar-refractivity contribution in [1.82, 2.24) is 4.98 Å². The average Bonchev–Trinajstić information content (AvgIpc) is 2.76. The first-order valence-corrected chi connectivity index (χ1v) is 9.85. The number of nitriles is 1. The standard InChI is InChI=1S/C24H19FN4O2/c25-18-5-7-19(8-6-18)29-23(31)24(11-2-12-24)21-10-9-20(15-27-21)28-22(30)17-4-1-3-16(13-17)14-26/h1,3-10,13,15H,2,11-12H2,(H,28,30)(H,29,31). The van der Waals surface area contributed by atoms with E-state index in [1.54, 1.807) is 30.3 Å². The average molecular weight is 414 g/mol. The lowest BCUT2D eigenvalue weighted by molar-refractivity contribution is -0.124. The second kappa shape index (κ2) is 8.36. The first-order chi connectivity index (χ1) is 15.0. The molecule has 3 aromatic rings. The van der Waals surface area contributed by atoms with Crippen LogP contribution in [-0.4, -0.2) is 16.8 Å². The van der Waals surface area contributed by atoms with Crippen LogP contribution in [0.1, 0.15) is 40.9 Å². The van der Waals surface area contributed by atoms with Crippen LogP contribution in [0.2, 0.25) is 0 Å². The van der Waals surface area contributed by atoms with Crippen molar-refractivity contribution in [2.75, 3.05) is 10.6 Å². The van der Waals surface area contributed by atoms with Crippen molar-refractivity contribution in [2.24, 2.45) is 0 Å². The van der Waals surface area contributed by atoms with Crippen molar-refractivity contribution in [3.63, 3.8) is 0 Å². The van der Waals surface area contributed by atoms with Crippen molar-refractivity contribution in [1.29, 1.82) is 5.26 Å². The number of carbonyl (C=O) groups is 2. The Kier molecular flexibility index (Phi) is 5.46. The molecule has 1 aliphatic rings. The van der Waals surface area contributed by atoms with Crippen molar-refractivity contribution in [3.05, 3.63) is 89.5 Å². The van der Waals surface area contributed by atoms with E-state index >= 15 is 0 Å². The van der Waals surface area contributed by atoms with Gasteiger partial charge < -0.3 is 10.6 Å². The summed E-state index contributed by atoms with van der Waals surface area (Å²) in [6.07, 6.45) is 3.76. The van der Waals surface area contributed by atoms with Crippen LogP contribution in [0.25, 0.3) is 0 Å². The van der Waals surface area contributed by atoms with E-state index in [9.17, 15) is 14.0 Å². The molecule has 7 heteroatoms. The molecule has 1 saturated carbocycles. The van der Waals surface area contributed by atoms with Gasteiger partial charge in [-0.05, 0) is 67.4 Å². The summed E-state index contributed by atoms with van der Waals surface area (Å²) in [5, 5.41) is 14.6. The minimum absolute atomic E-state index is 0.178. The van der Waals surface area contributed by atoms with Gasteiger partial charge in [0, 0.05) is 11.3 Å². The predicted molar refractivity (Wildman–Crippen MR) is 114 cm³/mol. The normalized spacial score (nSPS) is 14.1. The summed E-state index contributed by atoms with van der Waals surface area (Å²) in [7, 11) is 0. The number of aromatic nitrogens is 1. The molecule has 0 spiro atoms. The lowest BCUT2D eigenvalue weighted by Crippen LogP contribution is -2.46. The van der Waals surface area contributed by atoms with Crippen molar-refractivity contribution in [2.45, 2.75) is 24.7 Å². The largest absolute Gasteiger partial charge is 0.325 e. The number of anilines is 2. The molecule has 0 unspecified atom stereocenters. The highest BCUT2D eigenvalue weighted by Gasteiger charge is 2.46. The number of rotatable bonds is 5. The van der Waals surface area contributed by atoms with Gasteiger partial charge in [0.25, 0.3) is 5.91 Å². The zero-order valence-electron chi connectivity index (χ0n) is 16.6. The summed E-state index contributed by atoms with van der Waals surface area (Å²) in [4.78, 5) is 29.8. The molecule has 31 heavy (non-hydrogen) atoms. The van der Waals surface area contributed by atoms with Crippen LogP contribution in [0.5, 0.6) is 0 Å². The third-order valence-corrected chi connectivity index (χ3v) is 5.51. The van der Waals surface area contributed by atoms with Crippen molar-refractivity contribution in [3.8, 4) is 6.07 Å². The van der Waals surface area contributed by atoms with Crippen LogP contribution >= 0.6 is 0 Å². The van der Waals surface area contributed by atoms with Crippen LogP contribution in [0.3, 0.4) is 0 Å². The van der Waals surface area contributed by atoms with E-state index in [4.69, 9.17) is 5.26 Å². The fourth-order valence-electron chi connectivity index (χ4n) is 3.60. The molecule has 0 saturated heterocycles. The van der Waals surface area contributed by atoms with Gasteiger partial charge >= 0.3 is 0 Å². The summed E-state index contributed by atoms with van der Waals surface area (Å²) < 4.78 is 13.1. The maximum atomic E-state index is 13.1. The molecule has 0 atom stereocenters. The number of nitrogens with zero attached hydrogens (tertiary/aromatic N) is 2. The van der Waals surface area contributed by atoms with Gasteiger partial charge in [-0.3, -0.25) is 14.6 Å². The van der Waals surface area contributed by atoms with Gasteiger partial charge in [0.15, 0.2) is 0 Å². The zero-order valence-corrected chi connectivity index (χ0v) is 16.6. The molecule has 2 amide bonds. The molecule has 0 radical (unpaired) electrons. The molecule has 4 rings (SSSR count). The van der Waals surface area contributed by atoms with Gasteiger partial charge in [-0.25, -0.2) is 4.39 Å². The smallest absolute Gasteiger partial charge is 0.255 e. The molecule has 6 nitrogen and oxygen atoms in total. The topological polar surface area (TPSA) is 94.9 Å². The van der Waals surface area contributed by atoms with E-state index in [2.05, 4.69) is 15.6 Å². The van der Waals surface area contributed by atoms with E-state index in [1.165, 1.54) is 36.5 Å². The Bertz CT molecular complexity index is 1160. The number of hydrogen-bond donors (Lipinski definition) is 2. The minimum atomic E-state index is -0.738. The number of carbonyl (C=O) groups excluding carboxylic acids is 2. The highest BCUT2D eigenvalue weighted by Crippen LogP contribution is 2.44. The van der Waals surface area contributed by atoms with Crippen LogP contribution in [0.15, 0.2) is 66.9 Å². The maximum Gasteiger partial charge on any atom is 0.255 e. The molecule has 0 bridgehead atoms. The Balaban J connectivity index is 1.48. The lowest BCUT2D eigenvalue weighted by atomic mass is 9.65. The first kappa shape index (κ1) is 20.2. The Morgan fingerprint density at radius 3 is 2.35 bits per heavy atom. The fraction of sp³-hybridized carbons (Fsp3) is 0.167. The first-order valence-electron chi connectivity index (χ1n) is 9.85. The summed E-state index contributed by atoms with van der Waals surface area (Å²) in [5.41, 5.74) is 1.68. The predicted octanol–water partition coefficient (Wildman–Crippen LogP) is 4.41. The van der Waals surface area contributed by atoms with Crippen molar-refractivity contribution < 1.29 is 14.0 Å². The van der Waals surface area contributed by atoms with Crippen LogP contribution in [0.4, 0.5) is 15.8 Å². The fourth-order valence-corrected chi connectivity index (χ4v) is 3.60. The van der Waals surface area contributed by atoms with E-state index in [1.807, 2.05) is 6.07 Å². The van der Waals surface area contributed by atoms with Crippen LogP contribution in [-0.2, 0) is 10.2 Å². The Labute approximate surface area is 178 Å². The summed E-state index contributed by atoms with van der Waals surface area (Å²) in [5.74, 6) is -0.892. The van der Waals surface area contributed by atoms with E-state index < -0.39 is 5.41 Å². The lowest BCUT2D eigenvalue weighted by Gasteiger charge is -2.39. The molecule has 154 valence electrons. The second-order valence-corrected chi connectivity index (χ2v) is 7.48. The number of pyridine rings is 1. The number of amides is 2. The molecule has 1 aromatic heterocycles. The number of hydrogen-bond acceptors (Lipinski definition) is 4. The maximum absolute atomic E-state index is 13.1. The van der Waals surface area contributed by atoms with E-state index in [0.717, 1.165) is 6.42 Å². The highest BCUT2D eigenvalue weighted by atomic mass is 19.1. The van der Waals surface area contributed by atoms with Gasteiger partial charge in [0.2, 0.25) is 5.91 Å². The third-order valence-electron chi connectivity index (χ3n) is 5.51. The van der Waals surface area contributed by atoms with E-state index in [-0.39, 0.29) is 17.6 Å². The van der Waals surface area contributed by atoms with Crippen molar-refractivity contribution >= 4 is 23.2 Å². The molecular weight excluding hydrogens is 395 g/mol. The number of nitrogens with one attached hydrogen (secondary N) is 2. The SMILES string of the molecule is N#Cc1cccc(C(=O)Nc2ccc(C3(C(=O)Nc4ccc(F)cc4)CCC3)nc2)c1. The van der Waals surface area contributed by atoms with Gasteiger partial charge in [0.1, 0.15) is 5.82 Å². The number of halogens is 1. The molecule has 2 N–H and O–H groups in total. The second-order valence-electron chi connectivity index (χ2n) is 7.48. The van der Waals surface area contributed by atoms with Crippen LogP contribution in [0, 0.1) is 17.1 Å². The molecule has 1 fully saturated rings. The summed E-state index contributed by atoms with van der Waals surface area (Å²) in [6, 6.07) is 17.5. The van der Waals surface area contributed by atoms with Gasteiger partial charge in [-0.1, -0.05) is 12.5 Å². The monoisotopic (exact) mass is 414 g/mol. The molecule has 1 aliphatic carbocycles. The highest BCUT2D eigenvalue weighted by molar-refractivity contribution is 6.04. The Morgan fingerprint density at radius 1 is 1.00 bits per heavy atom. The molecule has 1 heterocycles.